The van der Waals surface area contributed by atoms with Crippen molar-refractivity contribution in [2.45, 2.75) is 18.9 Å². The molecule has 0 unspecified atom stereocenters. The van der Waals surface area contributed by atoms with E-state index in [1.165, 1.54) is 0 Å². The van der Waals surface area contributed by atoms with E-state index in [1.807, 2.05) is 4.90 Å². The topological polar surface area (TPSA) is 68.5 Å². The van der Waals surface area contributed by atoms with Crippen molar-refractivity contribution in [3.05, 3.63) is 22.3 Å². The molecule has 98 valence electrons. The van der Waals surface area contributed by atoms with Crippen molar-refractivity contribution in [3.8, 4) is 0 Å². The molecule has 0 atom stereocenters. The van der Waals surface area contributed by atoms with Gasteiger partial charge in [0.05, 0.1) is 12.2 Å². The minimum atomic E-state index is -0.0687. The Balaban J connectivity index is 2.19. The van der Waals surface area contributed by atoms with E-state index in [0.717, 1.165) is 17.3 Å². The maximum absolute atomic E-state index is 12.4. The van der Waals surface area contributed by atoms with E-state index in [-0.39, 0.29) is 11.7 Å². The van der Waals surface area contributed by atoms with E-state index in [9.17, 15) is 4.79 Å². The van der Waals surface area contributed by atoms with Gasteiger partial charge < -0.3 is 15.4 Å². The van der Waals surface area contributed by atoms with E-state index >= 15 is 0 Å². The maximum Gasteiger partial charge on any atom is 0.257 e. The third-order valence-corrected chi connectivity index (χ3v) is 3.33. The average Bonchev–Trinajstić information content (AvgIpc) is 3.17. The number of pyridine rings is 1. The van der Waals surface area contributed by atoms with Crippen molar-refractivity contribution in [2.75, 3.05) is 26.0 Å². The molecule has 2 rings (SSSR count). The fraction of sp³-hybridized carbons (Fsp3) is 0.500. The van der Waals surface area contributed by atoms with Crippen LogP contribution >= 0.6 is 15.9 Å². The summed E-state index contributed by atoms with van der Waals surface area (Å²) in [7, 11) is 1.63. The molecule has 1 saturated carbocycles. The zero-order valence-electron chi connectivity index (χ0n) is 10.2. The van der Waals surface area contributed by atoms with E-state index in [4.69, 9.17) is 10.5 Å². The summed E-state index contributed by atoms with van der Waals surface area (Å²) in [6.45, 7) is 1.12. The molecular weight excluding hydrogens is 298 g/mol. The summed E-state index contributed by atoms with van der Waals surface area (Å²) in [5.74, 6) is 0.201. The van der Waals surface area contributed by atoms with Crippen LogP contribution in [0.3, 0.4) is 0 Å². The number of aromatic nitrogens is 1. The zero-order chi connectivity index (χ0) is 13.1. The smallest absolute Gasteiger partial charge is 0.257 e. The van der Waals surface area contributed by atoms with Crippen LogP contribution in [0.25, 0.3) is 0 Å². The van der Waals surface area contributed by atoms with Crippen molar-refractivity contribution < 1.29 is 9.53 Å². The number of hydrogen-bond donors (Lipinski definition) is 1. The van der Waals surface area contributed by atoms with Crippen molar-refractivity contribution in [1.29, 1.82) is 0 Å². The predicted molar refractivity (Wildman–Crippen MR) is 72.3 cm³/mol. The van der Waals surface area contributed by atoms with E-state index < -0.39 is 0 Å². The third kappa shape index (κ3) is 3.00. The van der Waals surface area contributed by atoms with Crippen LogP contribution in [0, 0.1) is 0 Å². The first kappa shape index (κ1) is 13.3. The van der Waals surface area contributed by atoms with Crippen LogP contribution < -0.4 is 5.73 Å². The molecule has 18 heavy (non-hydrogen) atoms. The van der Waals surface area contributed by atoms with Crippen LogP contribution in [0.2, 0.25) is 0 Å². The number of hydrogen-bond acceptors (Lipinski definition) is 4. The standard InChI is InChI=1S/C12H16BrN3O2/c1-18-5-4-16(9-2-3-9)12(17)10-6-8(13)7-15-11(10)14/h6-7,9H,2-5H2,1H3,(H2,14,15). The number of amides is 1. The number of nitrogens with zero attached hydrogens (tertiary/aromatic N) is 2. The molecule has 0 saturated heterocycles. The number of ether oxygens (including phenoxy) is 1. The molecule has 1 aromatic rings. The first-order chi connectivity index (χ1) is 8.63. The lowest BCUT2D eigenvalue weighted by molar-refractivity contribution is 0.0681. The summed E-state index contributed by atoms with van der Waals surface area (Å²) in [6, 6.07) is 2.04. The number of halogens is 1. The van der Waals surface area contributed by atoms with E-state index in [2.05, 4.69) is 20.9 Å². The number of nitrogen functional groups attached to an aromatic ring is 1. The highest BCUT2D eigenvalue weighted by Crippen LogP contribution is 2.29. The van der Waals surface area contributed by atoms with Crippen LogP contribution in [0.5, 0.6) is 0 Å². The van der Waals surface area contributed by atoms with Gasteiger partial charge in [0.2, 0.25) is 0 Å². The fourth-order valence-corrected chi connectivity index (χ4v) is 2.13. The van der Waals surface area contributed by atoms with Gasteiger partial charge >= 0.3 is 0 Å². The first-order valence-electron chi connectivity index (χ1n) is 5.84. The van der Waals surface area contributed by atoms with Crippen LogP contribution in [0.15, 0.2) is 16.7 Å². The molecule has 0 aromatic carbocycles. The number of anilines is 1. The van der Waals surface area contributed by atoms with Gasteiger partial charge in [-0.05, 0) is 34.8 Å². The molecule has 6 heteroatoms. The molecule has 1 amide bonds. The van der Waals surface area contributed by atoms with Gasteiger partial charge in [-0.1, -0.05) is 0 Å². The lowest BCUT2D eigenvalue weighted by Crippen LogP contribution is -2.36. The number of carbonyl (C=O) groups excluding carboxylic acids is 1. The molecule has 0 radical (unpaired) electrons. The second-order valence-corrected chi connectivity index (χ2v) is 5.22. The van der Waals surface area contributed by atoms with E-state index in [0.29, 0.717) is 24.8 Å². The molecule has 2 N–H and O–H groups in total. The van der Waals surface area contributed by atoms with Gasteiger partial charge in [0.1, 0.15) is 5.82 Å². The molecule has 0 bridgehead atoms. The number of rotatable bonds is 5. The lowest BCUT2D eigenvalue weighted by atomic mass is 10.2. The monoisotopic (exact) mass is 313 g/mol. The molecule has 0 aliphatic heterocycles. The largest absolute Gasteiger partial charge is 0.383 e. The van der Waals surface area contributed by atoms with Gasteiger partial charge in [-0.3, -0.25) is 4.79 Å². The molecule has 5 nitrogen and oxygen atoms in total. The van der Waals surface area contributed by atoms with Crippen LogP contribution in [0.4, 0.5) is 5.82 Å². The summed E-state index contributed by atoms with van der Waals surface area (Å²) in [5.41, 5.74) is 6.22. The van der Waals surface area contributed by atoms with Gasteiger partial charge in [-0.2, -0.15) is 0 Å². The van der Waals surface area contributed by atoms with Crippen molar-refractivity contribution in [2.24, 2.45) is 0 Å². The Morgan fingerprint density at radius 3 is 3.00 bits per heavy atom. The van der Waals surface area contributed by atoms with Gasteiger partial charge in [0.25, 0.3) is 5.91 Å². The average molecular weight is 314 g/mol. The Kier molecular flexibility index (Phi) is 4.19. The summed E-state index contributed by atoms with van der Waals surface area (Å²) < 4.78 is 5.79. The Labute approximate surface area is 114 Å². The molecule has 1 aromatic heterocycles. The first-order valence-corrected chi connectivity index (χ1v) is 6.63. The Morgan fingerprint density at radius 1 is 1.67 bits per heavy atom. The molecule has 1 aliphatic rings. The predicted octanol–water partition coefficient (Wildman–Crippen LogP) is 1.68. The molecule has 1 aliphatic carbocycles. The second-order valence-electron chi connectivity index (χ2n) is 4.31. The van der Waals surface area contributed by atoms with E-state index in [1.54, 1.807) is 19.4 Å². The van der Waals surface area contributed by atoms with Gasteiger partial charge in [-0.25, -0.2) is 4.98 Å². The second kappa shape index (κ2) is 5.67. The number of carbonyl (C=O) groups is 1. The highest BCUT2D eigenvalue weighted by atomic mass is 79.9. The highest BCUT2D eigenvalue weighted by Gasteiger charge is 2.33. The quantitative estimate of drug-likeness (QED) is 0.898. The number of methoxy groups -OCH3 is 1. The SMILES string of the molecule is COCCN(C(=O)c1cc(Br)cnc1N)C1CC1. The van der Waals surface area contributed by atoms with Crippen molar-refractivity contribution in [3.63, 3.8) is 0 Å². The zero-order valence-corrected chi connectivity index (χ0v) is 11.8. The van der Waals surface area contributed by atoms with Crippen LogP contribution in [-0.4, -0.2) is 42.1 Å². The number of nitrogens with two attached hydrogens (primary N) is 1. The molecule has 1 heterocycles. The Hall–Kier alpha value is -1.14. The minimum Gasteiger partial charge on any atom is -0.383 e. The summed E-state index contributed by atoms with van der Waals surface area (Å²) >= 11 is 3.31. The molecular formula is C12H16BrN3O2. The van der Waals surface area contributed by atoms with Crippen molar-refractivity contribution >= 4 is 27.7 Å². The third-order valence-electron chi connectivity index (χ3n) is 2.90. The normalized spacial score (nSPS) is 14.6. The van der Waals surface area contributed by atoms with Gasteiger partial charge in [-0.15, -0.1) is 0 Å². The molecule has 1 fully saturated rings. The molecule has 0 spiro atoms. The van der Waals surface area contributed by atoms with Crippen molar-refractivity contribution in [1.82, 2.24) is 9.88 Å². The Morgan fingerprint density at radius 2 is 2.39 bits per heavy atom. The summed E-state index contributed by atoms with van der Waals surface area (Å²) in [4.78, 5) is 18.3. The highest BCUT2D eigenvalue weighted by molar-refractivity contribution is 9.10. The van der Waals surface area contributed by atoms with Gasteiger partial charge in [0.15, 0.2) is 0 Å². The Bertz CT molecular complexity index is 449. The fourth-order valence-electron chi connectivity index (χ4n) is 1.80. The maximum atomic E-state index is 12.4. The summed E-state index contributed by atoms with van der Waals surface area (Å²) in [5, 5.41) is 0. The van der Waals surface area contributed by atoms with Crippen LogP contribution in [0.1, 0.15) is 23.2 Å². The minimum absolute atomic E-state index is 0.0687. The lowest BCUT2D eigenvalue weighted by Gasteiger charge is -2.22. The summed E-state index contributed by atoms with van der Waals surface area (Å²) in [6.07, 6.45) is 3.69. The van der Waals surface area contributed by atoms with Crippen LogP contribution in [-0.2, 0) is 4.74 Å². The van der Waals surface area contributed by atoms with Gasteiger partial charge in [0, 0.05) is 30.4 Å².